The molecule has 1 aliphatic heterocycles. The Morgan fingerprint density at radius 2 is 2.19 bits per heavy atom. The monoisotopic (exact) mass is 327 g/mol. The fourth-order valence-electron chi connectivity index (χ4n) is 2.32. The first-order valence-corrected chi connectivity index (χ1v) is 8.49. The maximum atomic E-state index is 12.7. The van der Waals surface area contributed by atoms with E-state index in [1.807, 2.05) is 10.8 Å². The van der Waals surface area contributed by atoms with Gasteiger partial charge in [0.2, 0.25) is 10.0 Å². The molecule has 3 heterocycles. The van der Waals surface area contributed by atoms with Crippen LogP contribution in [0.15, 0.2) is 23.4 Å². The number of aromatic carboxylic acids is 1. The molecule has 9 heteroatoms. The van der Waals surface area contributed by atoms with Crippen molar-refractivity contribution in [3.63, 3.8) is 0 Å². The summed E-state index contributed by atoms with van der Waals surface area (Å²) in [5.41, 5.74) is 0. The number of hydrogen-bond acceptors (Lipinski definition) is 5. The minimum absolute atomic E-state index is 0.0320. The molecular formula is C12H13N3O4S2. The minimum Gasteiger partial charge on any atom is -0.477 e. The second kappa shape index (κ2) is 4.93. The number of imidazole rings is 1. The molecule has 0 bridgehead atoms. The highest BCUT2D eigenvalue weighted by molar-refractivity contribution is 7.89. The predicted octanol–water partition coefficient (Wildman–Crippen LogP) is 1.16. The van der Waals surface area contributed by atoms with Gasteiger partial charge >= 0.3 is 5.97 Å². The van der Waals surface area contributed by atoms with Gasteiger partial charge in [-0.05, 0) is 13.0 Å². The molecule has 0 amide bonds. The van der Waals surface area contributed by atoms with E-state index in [4.69, 9.17) is 5.11 Å². The van der Waals surface area contributed by atoms with Gasteiger partial charge in [0.05, 0.1) is 11.4 Å². The SMILES string of the molecule is Cc1sc(C(=O)O)cc1S(=O)(=O)N1CCn2ccnc2C1. The molecule has 0 aliphatic carbocycles. The fraction of sp³-hybridized carbons (Fsp3) is 0.333. The van der Waals surface area contributed by atoms with E-state index >= 15 is 0 Å². The van der Waals surface area contributed by atoms with Crippen molar-refractivity contribution >= 4 is 27.3 Å². The van der Waals surface area contributed by atoms with Gasteiger partial charge in [0.1, 0.15) is 10.7 Å². The summed E-state index contributed by atoms with van der Waals surface area (Å²) in [6.07, 6.45) is 3.46. The van der Waals surface area contributed by atoms with Crippen LogP contribution >= 0.6 is 11.3 Å². The Labute approximate surface area is 125 Å². The molecule has 2 aromatic rings. The van der Waals surface area contributed by atoms with Crippen LogP contribution in [-0.2, 0) is 23.1 Å². The molecule has 3 rings (SSSR count). The Hall–Kier alpha value is -1.71. The molecule has 7 nitrogen and oxygen atoms in total. The predicted molar refractivity (Wildman–Crippen MR) is 75.8 cm³/mol. The zero-order chi connectivity index (χ0) is 15.2. The lowest BCUT2D eigenvalue weighted by Crippen LogP contribution is -2.38. The van der Waals surface area contributed by atoms with Gasteiger partial charge in [0.25, 0.3) is 0 Å². The van der Waals surface area contributed by atoms with Crippen LogP contribution in [0.3, 0.4) is 0 Å². The number of nitrogens with zero attached hydrogens (tertiary/aromatic N) is 3. The standard InChI is InChI=1S/C12H13N3O4S2/c1-8-10(6-9(20-8)12(16)17)21(18,19)15-5-4-14-3-2-13-11(14)7-15/h2-3,6H,4-5,7H2,1H3,(H,16,17). The summed E-state index contributed by atoms with van der Waals surface area (Å²) in [6.45, 7) is 2.72. The average molecular weight is 327 g/mol. The number of hydrogen-bond donors (Lipinski definition) is 1. The normalized spacial score (nSPS) is 15.9. The largest absolute Gasteiger partial charge is 0.477 e. The maximum absolute atomic E-state index is 12.7. The van der Waals surface area contributed by atoms with Gasteiger partial charge in [-0.25, -0.2) is 18.2 Å². The summed E-state index contributed by atoms with van der Waals surface area (Å²) in [5, 5.41) is 8.99. The highest BCUT2D eigenvalue weighted by Crippen LogP contribution is 2.29. The van der Waals surface area contributed by atoms with Crippen molar-refractivity contribution in [1.29, 1.82) is 0 Å². The number of aromatic nitrogens is 2. The molecule has 0 unspecified atom stereocenters. The summed E-state index contributed by atoms with van der Waals surface area (Å²) >= 11 is 0.974. The van der Waals surface area contributed by atoms with Gasteiger partial charge in [-0.1, -0.05) is 0 Å². The van der Waals surface area contributed by atoms with Crippen molar-refractivity contribution in [2.24, 2.45) is 0 Å². The molecule has 21 heavy (non-hydrogen) atoms. The summed E-state index contributed by atoms with van der Waals surface area (Å²) < 4.78 is 28.6. The molecule has 1 aliphatic rings. The smallest absolute Gasteiger partial charge is 0.345 e. The Morgan fingerprint density at radius 3 is 2.86 bits per heavy atom. The second-order valence-electron chi connectivity index (χ2n) is 4.71. The summed E-state index contributed by atoms with van der Waals surface area (Å²) in [6, 6.07) is 1.23. The number of carboxylic acids is 1. The van der Waals surface area contributed by atoms with Crippen molar-refractivity contribution in [2.45, 2.75) is 24.9 Å². The van der Waals surface area contributed by atoms with E-state index in [1.54, 1.807) is 13.1 Å². The molecule has 1 N–H and O–H groups in total. The molecule has 0 atom stereocenters. The molecular weight excluding hydrogens is 314 g/mol. The zero-order valence-corrected chi connectivity index (χ0v) is 12.8. The van der Waals surface area contributed by atoms with Crippen molar-refractivity contribution in [1.82, 2.24) is 13.9 Å². The molecule has 0 aromatic carbocycles. The van der Waals surface area contributed by atoms with Crippen LogP contribution < -0.4 is 0 Å². The number of fused-ring (bicyclic) bond motifs is 1. The Kier molecular flexibility index (Phi) is 3.34. The molecule has 0 saturated heterocycles. The van der Waals surface area contributed by atoms with Crippen molar-refractivity contribution in [3.05, 3.63) is 34.0 Å². The first kappa shape index (κ1) is 14.2. The number of aryl methyl sites for hydroxylation is 1. The van der Waals surface area contributed by atoms with E-state index in [9.17, 15) is 13.2 Å². The van der Waals surface area contributed by atoms with Crippen LogP contribution in [0.4, 0.5) is 0 Å². The van der Waals surface area contributed by atoms with Crippen LogP contribution in [0.2, 0.25) is 0 Å². The zero-order valence-electron chi connectivity index (χ0n) is 11.2. The van der Waals surface area contributed by atoms with E-state index in [0.717, 1.165) is 11.3 Å². The van der Waals surface area contributed by atoms with Crippen molar-refractivity contribution < 1.29 is 18.3 Å². The quantitative estimate of drug-likeness (QED) is 0.913. The summed E-state index contributed by atoms with van der Waals surface area (Å²) in [7, 11) is -3.70. The van der Waals surface area contributed by atoms with Gasteiger partial charge < -0.3 is 9.67 Å². The number of rotatable bonds is 3. The van der Waals surface area contributed by atoms with Crippen LogP contribution in [0.25, 0.3) is 0 Å². The van der Waals surface area contributed by atoms with Gasteiger partial charge in [0.15, 0.2) is 0 Å². The number of thiophene rings is 1. The second-order valence-corrected chi connectivity index (χ2v) is 7.87. The first-order chi connectivity index (χ1) is 9.89. The highest BCUT2D eigenvalue weighted by Gasteiger charge is 2.31. The molecule has 0 fully saturated rings. The van der Waals surface area contributed by atoms with Crippen molar-refractivity contribution in [3.8, 4) is 0 Å². The summed E-state index contributed by atoms with van der Waals surface area (Å²) in [4.78, 5) is 15.7. The number of sulfonamides is 1. The molecule has 0 saturated carbocycles. The molecule has 0 radical (unpaired) electrons. The van der Waals surface area contributed by atoms with Crippen LogP contribution in [0, 0.1) is 6.92 Å². The van der Waals surface area contributed by atoms with Crippen LogP contribution in [0.5, 0.6) is 0 Å². The third-order valence-corrected chi connectivity index (χ3v) is 6.55. The number of carbonyl (C=O) groups is 1. The lowest BCUT2D eigenvalue weighted by Gasteiger charge is -2.26. The van der Waals surface area contributed by atoms with Crippen LogP contribution in [0.1, 0.15) is 20.4 Å². The Bertz CT molecular complexity index is 806. The summed E-state index contributed by atoms with van der Waals surface area (Å²) in [5.74, 6) is -0.421. The highest BCUT2D eigenvalue weighted by atomic mass is 32.2. The fourth-order valence-corrected chi connectivity index (χ4v) is 5.11. The topological polar surface area (TPSA) is 92.5 Å². The van der Waals surface area contributed by atoms with Gasteiger partial charge in [-0.2, -0.15) is 4.31 Å². The maximum Gasteiger partial charge on any atom is 0.345 e. The third kappa shape index (κ3) is 2.37. The Balaban J connectivity index is 1.96. The average Bonchev–Trinajstić information content (AvgIpc) is 3.03. The van der Waals surface area contributed by atoms with E-state index in [2.05, 4.69) is 4.98 Å². The van der Waals surface area contributed by atoms with Gasteiger partial charge in [-0.15, -0.1) is 11.3 Å². The van der Waals surface area contributed by atoms with E-state index in [0.29, 0.717) is 23.8 Å². The van der Waals surface area contributed by atoms with Gasteiger partial charge in [-0.3, -0.25) is 0 Å². The third-order valence-electron chi connectivity index (χ3n) is 3.41. The Morgan fingerprint density at radius 1 is 1.43 bits per heavy atom. The first-order valence-electron chi connectivity index (χ1n) is 6.23. The molecule has 112 valence electrons. The van der Waals surface area contributed by atoms with Crippen molar-refractivity contribution in [2.75, 3.05) is 6.54 Å². The van der Waals surface area contributed by atoms with E-state index in [-0.39, 0.29) is 16.3 Å². The minimum atomic E-state index is -3.70. The lowest BCUT2D eigenvalue weighted by atomic mass is 10.4. The number of carboxylic acid groups (broad SMARTS) is 1. The lowest BCUT2D eigenvalue weighted by molar-refractivity contribution is 0.0702. The van der Waals surface area contributed by atoms with E-state index < -0.39 is 16.0 Å². The molecule has 0 spiro atoms. The van der Waals surface area contributed by atoms with Gasteiger partial charge in [0, 0.05) is 30.4 Å². The van der Waals surface area contributed by atoms with Crippen LogP contribution in [-0.4, -0.2) is 39.9 Å². The molecule has 2 aromatic heterocycles. The van der Waals surface area contributed by atoms with E-state index in [1.165, 1.54) is 10.4 Å².